The lowest BCUT2D eigenvalue weighted by Crippen LogP contribution is -2.46. The number of amides is 3. The Morgan fingerprint density at radius 2 is 1.54 bits per heavy atom. The number of primary amides is 1. The molecule has 0 spiro atoms. The Labute approximate surface area is 215 Å². The molecule has 0 radical (unpaired) electrons. The van der Waals surface area contributed by atoms with Crippen molar-refractivity contribution in [3.63, 3.8) is 0 Å². The topological polar surface area (TPSA) is 168 Å². The summed E-state index contributed by atoms with van der Waals surface area (Å²) in [5.41, 5.74) is 13.3. The Morgan fingerprint density at radius 1 is 0.973 bits per heavy atom. The first kappa shape index (κ1) is 27.5. The van der Waals surface area contributed by atoms with E-state index < -0.39 is 24.3 Å². The van der Waals surface area contributed by atoms with Crippen molar-refractivity contribution < 1.29 is 24.3 Å². The van der Waals surface area contributed by atoms with Gasteiger partial charge in [0.2, 0.25) is 11.8 Å². The maximum Gasteiger partial charge on any atom is 0.251 e. The third-order valence-electron chi connectivity index (χ3n) is 6.11. The highest BCUT2D eigenvalue weighted by Crippen LogP contribution is 2.16. The van der Waals surface area contributed by atoms with E-state index in [9.17, 15) is 19.2 Å². The van der Waals surface area contributed by atoms with Crippen LogP contribution in [0.15, 0.2) is 48.5 Å². The molecule has 1 aliphatic rings. The minimum absolute atomic E-state index is 0.103. The zero-order valence-corrected chi connectivity index (χ0v) is 20.4. The Hall–Kier alpha value is -4.04. The Morgan fingerprint density at radius 3 is 2.05 bits per heavy atom. The zero-order chi connectivity index (χ0) is 26.8. The van der Waals surface area contributed by atoms with E-state index in [1.165, 1.54) is 0 Å². The molecule has 1 fully saturated rings. The quantitative estimate of drug-likeness (QED) is 0.295. The molecule has 0 aliphatic carbocycles. The first-order chi connectivity index (χ1) is 17.8. The van der Waals surface area contributed by atoms with Crippen LogP contribution in [-0.4, -0.2) is 72.3 Å². The second-order valence-electron chi connectivity index (χ2n) is 8.79. The van der Waals surface area contributed by atoms with Crippen molar-refractivity contribution in [2.75, 3.05) is 38.1 Å². The van der Waals surface area contributed by atoms with Crippen molar-refractivity contribution >= 4 is 29.2 Å². The normalized spacial score (nSPS) is 14.6. The fourth-order valence-corrected chi connectivity index (χ4v) is 3.89. The van der Waals surface area contributed by atoms with Gasteiger partial charge >= 0.3 is 0 Å². The highest BCUT2D eigenvalue weighted by Gasteiger charge is 2.24. The van der Waals surface area contributed by atoms with Gasteiger partial charge in [0.15, 0.2) is 5.78 Å². The number of likely N-dealkylation sites (tertiary alicyclic amines) is 1. The first-order valence-corrected chi connectivity index (χ1v) is 12.0. The van der Waals surface area contributed by atoms with Gasteiger partial charge in [0.25, 0.3) is 5.91 Å². The van der Waals surface area contributed by atoms with Crippen LogP contribution in [0.5, 0.6) is 0 Å². The fourth-order valence-electron chi connectivity index (χ4n) is 3.89. The Balaban J connectivity index is 1.50. The van der Waals surface area contributed by atoms with Crippen molar-refractivity contribution in [3.8, 4) is 11.8 Å². The second kappa shape index (κ2) is 13.3. The van der Waals surface area contributed by atoms with Gasteiger partial charge in [-0.3, -0.25) is 24.1 Å². The van der Waals surface area contributed by atoms with Crippen LogP contribution >= 0.6 is 0 Å². The number of nitrogens with one attached hydrogen (secondary N) is 2. The number of ketones is 1. The first-order valence-electron chi connectivity index (χ1n) is 12.0. The number of anilines is 1. The summed E-state index contributed by atoms with van der Waals surface area (Å²) in [4.78, 5) is 49.5. The highest BCUT2D eigenvalue weighted by atomic mass is 16.3. The number of nitrogens with two attached hydrogens (primary N) is 2. The molecule has 2 aromatic rings. The van der Waals surface area contributed by atoms with Crippen LogP contribution in [-0.2, 0) is 14.4 Å². The third-order valence-corrected chi connectivity index (χ3v) is 6.11. The SMILES string of the molecule is NC[C@H](NC(=O)c1ccc(C#Cc2ccc(NC(=O)CN3CCC(C(N)=O)CC3)cc2)cc1)C(=O)CO. The van der Waals surface area contributed by atoms with Crippen molar-refractivity contribution in [3.05, 3.63) is 65.2 Å². The maximum absolute atomic E-state index is 12.4. The zero-order valence-electron chi connectivity index (χ0n) is 20.4. The average Bonchev–Trinajstić information content (AvgIpc) is 2.91. The van der Waals surface area contributed by atoms with E-state index in [-0.39, 0.29) is 30.8 Å². The van der Waals surface area contributed by atoms with E-state index in [1.807, 2.05) is 4.90 Å². The lowest BCUT2D eigenvalue weighted by molar-refractivity contribution is -0.124. The molecular formula is C27H31N5O5. The molecule has 0 unspecified atom stereocenters. The van der Waals surface area contributed by atoms with Crippen LogP contribution in [0.4, 0.5) is 5.69 Å². The molecular weight excluding hydrogens is 474 g/mol. The minimum Gasteiger partial charge on any atom is -0.388 e. The number of hydrogen-bond donors (Lipinski definition) is 5. The van der Waals surface area contributed by atoms with Crippen LogP contribution in [0.2, 0.25) is 0 Å². The lowest BCUT2D eigenvalue weighted by Gasteiger charge is -2.29. The fraction of sp³-hybridized carbons (Fsp3) is 0.333. The van der Waals surface area contributed by atoms with Gasteiger partial charge in [-0.15, -0.1) is 0 Å². The molecule has 0 saturated carbocycles. The number of nitrogens with zero attached hydrogens (tertiary/aromatic N) is 1. The predicted molar refractivity (Wildman–Crippen MR) is 138 cm³/mol. The molecule has 0 aromatic heterocycles. The van der Waals surface area contributed by atoms with Gasteiger partial charge in [0, 0.05) is 34.8 Å². The molecule has 194 valence electrons. The molecule has 1 heterocycles. The molecule has 37 heavy (non-hydrogen) atoms. The van der Waals surface area contributed by atoms with Crippen molar-refractivity contribution in [1.29, 1.82) is 0 Å². The number of carbonyl (C=O) groups excluding carboxylic acids is 4. The molecule has 7 N–H and O–H groups in total. The minimum atomic E-state index is -0.939. The lowest BCUT2D eigenvalue weighted by atomic mass is 9.96. The standard InChI is InChI=1S/C27H31N5O5/c28-15-23(24(34)17-33)31-27(37)21-7-3-18(4-8-21)1-2-19-5-9-22(10-6-19)30-25(35)16-32-13-11-20(12-14-32)26(29)36/h3-10,20,23,33H,11-17,28H2,(H2,29,36)(H,30,35)(H,31,37)/t23-/m0/s1. The number of aliphatic hydroxyl groups excluding tert-OH is 1. The van der Waals surface area contributed by atoms with E-state index in [2.05, 4.69) is 22.5 Å². The number of benzene rings is 2. The Bertz CT molecular complexity index is 1180. The van der Waals surface area contributed by atoms with Crippen molar-refractivity contribution in [2.24, 2.45) is 17.4 Å². The number of piperidine rings is 1. The second-order valence-corrected chi connectivity index (χ2v) is 8.79. The smallest absolute Gasteiger partial charge is 0.251 e. The van der Waals surface area contributed by atoms with Crippen LogP contribution in [0.1, 0.15) is 34.3 Å². The van der Waals surface area contributed by atoms with Crippen molar-refractivity contribution in [1.82, 2.24) is 10.2 Å². The number of carbonyl (C=O) groups is 4. The summed E-state index contributed by atoms with van der Waals surface area (Å²) in [7, 11) is 0. The predicted octanol–water partition coefficient (Wildman–Crippen LogP) is -0.159. The molecule has 0 bridgehead atoms. The third kappa shape index (κ3) is 8.25. The molecule has 1 saturated heterocycles. The van der Waals surface area contributed by atoms with Crippen LogP contribution in [0.25, 0.3) is 0 Å². The number of Topliss-reactive ketones (excluding diaryl/α,β-unsaturated/α-hetero) is 1. The average molecular weight is 506 g/mol. The van der Waals surface area contributed by atoms with Gasteiger partial charge in [-0.25, -0.2) is 0 Å². The molecule has 1 aliphatic heterocycles. The van der Waals surface area contributed by atoms with E-state index in [0.717, 1.165) is 5.56 Å². The highest BCUT2D eigenvalue weighted by molar-refractivity contribution is 5.98. The monoisotopic (exact) mass is 505 g/mol. The summed E-state index contributed by atoms with van der Waals surface area (Å²) in [5.74, 6) is 4.52. The van der Waals surface area contributed by atoms with Gasteiger partial charge in [0.05, 0.1) is 6.54 Å². The van der Waals surface area contributed by atoms with E-state index in [0.29, 0.717) is 42.7 Å². The molecule has 2 aromatic carbocycles. The number of hydrogen-bond acceptors (Lipinski definition) is 7. The van der Waals surface area contributed by atoms with E-state index in [1.54, 1.807) is 48.5 Å². The van der Waals surface area contributed by atoms with Crippen LogP contribution < -0.4 is 22.1 Å². The van der Waals surface area contributed by atoms with Crippen molar-refractivity contribution in [2.45, 2.75) is 18.9 Å². The molecule has 1 atom stereocenters. The van der Waals surface area contributed by atoms with Crippen LogP contribution in [0, 0.1) is 17.8 Å². The molecule has 10 nitrogen and oxygen atoms in total. The Kier molecular flexibility index (Phi) is 9.92. The van der Waals surface area contributed by atoms with Gasteiger partial charge in [-0.2, -0.15) is 0 Å². The van der Waals surface area contributed by atoms with Gasteiger partial charge < -0.3 is 27.2 Å². The summed E-state index contributed by atoms with van der Waals surface area (Å²) >= 11 is 0. The largest absolute Gasteiger partial charge is 0.388 e. The summed E-state index contributed by atoms with van der Waals surface area (Å²) in [5, 5.41) is 14.3. The van der Waals surface area contributed by atoms with Gasteiger partial charge in [-0.1, -0.05) is 11.8 Å². The maximum atomic E-state index is 12.4. The van der Waals surface area contributed by atoms with Gasteiger partial charge in [-0.05, 0) is 74.5 Å². The van der Waals surface area contributed by atoms with E-state index in [4.69, 9.17) is 16.6 Å². The van der Waals surface area contributed by atoms with Crippen LogP contribution in [0.3, 0.4) is 0 Å². The number of aliphatic hydroxyl groups is 1. The summed E-state index contributed by atoms with van der Waals surface area (Å²) in [6.07, 6.45) is 1.35. The van der Waals surface area contributed by atoms with E-state index >= 15 is 0 Å². The number of rotatable bonds is 9. The van der Waals surface area contributed by atoms with Gasteiger partial charge in [0.1, 0.15) is 12.6 Å². The summed E-state index contributed by atoms with van der Waals surface area (Å²) in [6.45, 7) is 0.792. The molecule has 10 heteroatoms. The molecule has 3 amide bonds. The summed E-state index contributed by atoms with van der Waals surface area (Å²) in [6, 6.07) is 12.8. The molecule has 3 rings (SSSR count). The summed E-state index contributed by atoms with van der Waals surface area (Å²) < 4.78 is 0.